The molecule has 0 fully saturated rings. The molecule has 196 valence electrons. The van der Waals surface area contributed by atoms with Gasteiger partial charge in [0.15, 0.2) is 23.9 Å². The number of esters is 1. The van der Waals surface area contributed by atoms with Gasteiger partial charge >= 0.3 is 5.97 Å². The fraction of sp³-hybridized carbons (Fsp3) is 0.207. The molecule has 0 spiro atoms. The number of Topliss-reactive ketones (excluding diaryl/α,β-unsaturated/α-hetero) is 1. The third kappa shape index (κ3) is 5.31. The highest BCUT2D eigenvalue weighted by atomic mass is 16.5. The largest absolute Gasteiger partial charge is 0.497 e. The van der Waals surface area contributed by atoms with Crippen LogP contribution in [0.5, 0.6) is 23.0 Å². The number of hydrogen-bond acceptors (Lipinski definition) is 9. The second-order valence-electron chi connectivity index (χ2n) is 8.02. The highest BCUT2D eigenvalue weighted by Crippen LogP contribution is 2.34. The van der Waals surface area contributed by atoms with Crippen LogP contribution in [-0.4, -0.2) is 46.3 Å². The first-order chi connectivity index (χ1) is 18.4. The van der Waals surface area contributed by atoms with Gasteiger partial charge in [-0.2, -0.15) is 0 Å². The quantitative estimate of drug-likeness (QED) is 0.213. The molecule has 0 bridgehead atoms. The van der Waals surface area contributed by atoms with Gasteiger partial charge in [0.2, 0.25) is 11.2 Å². The summed E-state index contributed by atoms with van der Waals surface area (Å²) in [6.07, 6.45) is 0. The summed E-state index contributed by atoms with van der Waals surface area (Å²) in [6.45, 7) is 1.50. The van der Waals surface area contributed by atoms with Crippen molar-refractivity contribution in [3.8, 4) is 34.1 Å². The number of ketones is 1. The molecule has 0 amide bonds. The number of hydrogen-bond donors (Lipinski definition) is 0. The Kier molecular flexibility index (Phi) is 7.96. The molecule has 0 atom stereocenters. The predicted molar refractivity (Wildman–Crippen MR) is 140 cm³/mol. The fourth-order valence-electron chi connectivity index (χ4n) is 3.87. The zero-order valence-corrected chi connectivity index (χ0v) is 21.4. The van der Waals surface area contributed by atoms with Gasteiger partial charge in [-0.15, -0.1) is 0 Å². The van der Waals surface area contributed by atoms with E-state index in [9.17, 15) is 14.4 Å². The number of ether oxygens (including phenoxy) is 5. The maximum absolute atomic E-state index is 13.6. The maximum atomic E-state index is 13.6. The molecule has 4 aromatic rings. The Morgan fingerprint density at radius 2 is 1.53 bits per heavy atom. The highest BCUT2D eigenvalue weighted by molar-refractivity contribution is 5.98. The molecular weight excluding hydrogens is 492 g/mol. The number of methoxy groups -OCH3 is 3. The van der Waals surface area contributed by atoms with E-state index in [4.69, 9.17) is 28.1 Å². The zero-order valence-electron chi connectivity index (χ0n) is 21.4. The van der Waals surface area contributed by atoms with Crippen molar-refractivity contribution in [2.45, 2.75) is 6.92 Å². The molecule has 1 aromatic heterocycles. The Balaban J connectivity index is 1.71. The molecule has 0 aliphatic rings. The van der Waals surface area contributed by atoms with Gasteiger partial charge in [-0.05, 0) is 61.0 Å². The summed E-state index contributed by atoms with van der Waals surface area (Å²) in [4.78, 5) is 38.9. The van der Waals surface area contributed by atoms with Gasteiger partial charge in [0.05, 0.1) is 38.9 Å². The lowest BCUT2D eigenvalue weighted by Gasteiger charge is -2.13. The molecule has 9 nitrogen and oxygen atoms in total. The van der Waals surface area contributed by atoms with Crippen molar-refractivity contribution < 1.29 is 37.7 Å². The van der Waals surface area contributed by atoms with Crippen LogP contribution in [0.3, 0.4) is 0 Å². The molecular formula is C29H26O9. The first kappa shape index (κ1) is 26.3. The summed E-state index contributed by atoms with van der Waals surface area (Å²) in [5.74, 6) is 0.466. The lowest BCUT2D eigenvalue weighted by molar-refractivity contribution is 0.0492. The summed E-state index contributed by atoms with van der Waals surface area (Å²) in [5, 5.41) is 0.219. The number of fused-ring (bicyclic) bond motifs is 1. The predicted octanol–water partition coefficient (Wildman–Crippen LogP) is 4.92. The van der Waals surface area contributed by atoms with Crippen molar-refractivity contribution in [2.24, 2.45) is 0 Å². The lowest BCUT2D eigenvalue weighted by Crippen LogP contribution is -2.15. The van der Waals surface area contributed by atoms with Crippen molar-refractivity contribution >= 4 is 22.7 Å². The lowest BCUT2D eigenvalue weighted by atomic mass is 10.0. The Labute approximate surface area is 218 Å². The Morgan fingerprint density at radius 1 is 0.816 bits per heavy atom. The monoisotopic (exact) mass is 518 g/mol. The van der Waals surface area contributed by atoms with Gasteiger partial charge in [0.1, 0.15) is 17.1 Å². The van der Waals surface area contributed by atoms with E-state index < -0.39 is 11.4 Å². The van der Waals surface area contributed by atoms with E-state index in [1.807, 2.05) is 0 Å². The van der Waals surface area contributed by atoms with E-state index in [2.05, 4.69) is 0 Å². The van der Waals surface area contributed by atoms with Gasteiger partial charge in [-0.1, -0.05) is 6.07 Å². The number of rotatable bonds is 10. The molecule has 0 aliphatic heterocycles. The molecule has 0 aliphatic carbocycles. The average Bonchev–Trinajstić information content (AvgIpc) is 2.95. The summed E-state index contributed by atoms with van der Waals surface area (Å²) in [6, 6.07) is 16.0. The first-order valence-corrected chi connectivity index (χ1v) is 11.7. The van der Waals surface area contributed by atoms with Gasteiger partial charge in [-0.3, -0.25) is 9.59 Å². The van der Waals surface area contributed by atoms with Crippen molar-refractivity contribution in [3.63, 3.8) is 0 Å². The van der Waals surface area contributed by atoms with Crippen LogP contribution in [0.25, 0.3) is 22.1 Å². The van der Waals surface area contributed by atoms with E-state index in [1.165, 1.54) is 26.4 Å². The molecule has 3 aromatic carbocycles. The van der Waals surface area contributed by atoms with E-state index in [0.29, 0.717) is 28.4 Å². The summed E-state index contributed by atoms with van der Waals surface area (Å²) < 4.78 is 32.5. The number of carbonyl (C=O) groups is 2. The Morgan fingerprint density at radius 3 is 2.18 bits per heavy atom. The minimum Gasteiger partial charge on any atom is -0.497 e. The zero-order chi connectivity index (χ0) is 27.2. The Hall–Kier alpha value is -4.79. The van der Waals surface area contributed by atoms with Crippen LogP contribution >= 0.6 is 0 Å². The van der Waals surface area contributed by atoms with Crippen LogP contribution in [0.4, 0.5) is 0 Å². The second kappa shape index (κ2) is 11.5. The van der Waals surface area contributed by atoms with Crippen molar-refractivity contribution in [2.75, 3.05) is 34.5 Å². The van der Waals surface area contributed by atoms with Crippen molar-refractivity contribution in [1.29, 1.82) is 0 Å². The third-order valence-corrected chi connectivity index (χ3v) is 5.78. The van der Waals surface area contributed by atoms with Crippen LogP contribution in [0.15, 0.2) is 69.9 Å². The molecule has 0 unspecified atom stereocenters. The second-order valence-corrected chi connectivity index (χ2v) is 8.02. The van der Waals surface area contributed by atoms with Crippen LogP contribution < -0.4 is 24.4 Å². The highest BCUT2D eigenvalue weighted by Gasteiger charge is 2.24. The summed E-state index contributed by atoms with van der Waals surface area (Å²) in [5.41, 5.74) is 0.549. The van der Waals surface area contributed by atoms with Gasteiger partial charge in [0, 0.05) is 11.6 Å². The van der Waals surface area contributed by atoms with Crippen LogP contribution in [0, 0.1) is 0 Å². The molecule has 0 saturated heterocycles. The average molecular weight is 519 g/mol. The number of carbonyl (C=O) groups excluding carboxylic acids is 2. The first-order valence-electron chi connectivity index (χ1n) is 11.7. The van der Waals surface area contributed by atoms with Crippen molar-refractivity contribution in [3.05, 3.63) is 82.2 Å². The molecule has 0 saturated carbocycles. The van der Waals surface area contributed by atoms with Crippen LogP contribution in [0.1, 0.15) is 27.8 Å². The minimum absolute atomic E-state index is 0.0280. The molecule has 4 rings (SSSR count). The fourth-order valence-corrected chi connectivity index (χ4v) is 3.87. The summed E-state index contributed by atoms with van der Waals surface area (Å²) >= 11 is 0. The molecule has 0 N–H and O–H groups in total. The van der Waals surface area contributed by atoms with E-state index in [0.717, 1.165) is 0 Å². The molecule has 1 heterocycles. The summed E-state index contributed by atoms with van der Waals surface area (Å²) in [7, 11) is 4.51. The van der Waals surface area contributed by atoms with Crippen molar-refractivity contribution in [1.82, 2.24) is 0 Å². The standard InChI is InChI=1S/C29H26O9/c1-5-36-29(32)28-26(18-8-13-23(34-3)25(14-18)35-4)27(31)21-12-11-20(15-24(21)38-28)37-16-22(30)17-6-9-19(33-2)10-7-17/h6-15H,5,16H2,1-4H3. The van der Waals surface area contributed by atoms with E-state index in [-0.39, 0.29) is 47.0 Å². The maximum Gasteiger partial charge on any atom is 0.375 e. The Bertz CT molecular complexity index is 1530. The normalized spacial score (nSPS) is 10.6. The SMILES string of the molecule is CCOC(=O)c1oc2cc(OCC(=O)c3ccc(OC)cc3)ccc2c(=O)c1-c1ccc(OC)c(OC)c1. The van der Waals surface area contributed by atoms with Crippen LogP contribution in [0.2, 0.25) is 0 Å². The van der Waals surface area contributed by atoms with E-state index in [1.54, 1.807) is 62.6 Å². The minimum atomic E-state index is -0.794. The van der Waals surface area contributed by atoms with Gasteiger partial charge in [-0.25, -0.2) is 4.79 Å². The van der Waals surface area contributed by atoms with Crippen LogP contribution in [-0.2, 0) is 4.74 Å². The van der Waals surface area contributed by atoms with E-state index >= 15 is 0 Å². The smallest absolute Gasteiger partial charge is 0.375 e. The molecule has 38 heavy (non-hydrogen) atoms. The molecule has 9 heteroatoms. The van der Waals surface area contributed by atoms with Gasteiger partial charge < -0.3 is 28.1 Å². The van der Waals surface area contributed by atoms with Gasteiger partial charge in [0.25, 0.3) is 0 Å². The topological polar surface area (TPSA) is 111 Å². The third-order valence-electron chi connectivity index (χ3n) is 5.78. The number of benzene rings is 3. The molecule has 0 radical (unpaired) electrons.